The van der Waals surface area contributed by atoms with Gasteiger partial charge in [0.1, 0.15) is 13.2 Å². The van der Waals surface area contributed by atoms with Crippen molar-refractivity contribution < 1.29 is 28.6 Å². The fraction of sp³-hybridized carbons (Fsp3) is 0.694. The highest BCUT2D eigenvalue weighted by Gasteiger charge is 2.19. The molecule has 0 saturated heterocycles. The predicted octanol–water partition coefficient (Wildman–Crippen LogP) is 14.3. The Bertz CT molecular complexity index is 1070. The Morgan fingerprint density at radius 1 is 0.400 bits per heavy atom. The Morgan fingerprint density at radius 3 is 1.29 bits per heavy atom. The van der Waals surface area contributed by atoms with Gasteiger partial charge in [-0.25, -0.2) is 0 Å². The van der Waals surface area contributed by atoms with E-state index in [1.165, 1.54) is 57.8 Å². The normalized spacial score (nSPS) is 12.7. The fourth-order valence-corrected chi connectivity index (χ4v) is 5.89. The second-order valence-electron chi connectivity index (χ2n) is 14.6. The van der Waals surface area contributed by atoms with Gasteiger partial charge in [0, 0.05) is 12.8 Å². The third-order valence-electron chi connectivity index (χ3n) is 9.21. The number of hydrogen-bond acceptors (Lipinski definition) is 6. The highest BCUT2D eigenvalue weighted by Crippen LogP contribution is 2.13. The molecule has 0 rings (SSSR count). The third-order valence-corrected chi connectivity index (χ3v) is 9.21. The van der Waals surface area contributed by atoms with Crippen LogP contribution in [0.2, 0.25) is 0 Å². The van der Waals surface area contributed by atoms with E-state index in [1.807, 2.05) is 6.08 Å². The van der Waals surface area contributed by atoms with E-state index in [0.29, 0.717) is 12.8 Å². The van der Waals surface area contributed by atoms with Crippen LogP contribution in [0.5, 0.6) is 0 Å². The number of esters is 3. The van der Waals surface area contributed by atoms with Crippen molar-refractivity contribution in [2.75, 3.05) is 13.2 Å². The van der Waals surface area contributed by atoms with Gasteiger partial charge in [0.2, 0.25) is 0 Å². The van der Waals surface area contributed by atoms with Crippen molar-refractivity contribution >= 4 is 17.9 Å². The lowest BCUT2D eigenvalue weighted by atomic mass is 10.1. The second-order valence-corrected chi connectivity index (χ2v) is 14.6. The second kappa shape index (κ2) is 43.6. The maximum atomic E-state index is 12.7. The molecule has 55 heavy (non-hydrogen) atoms. The van der Waals surface area contributed by atoms with E-state index in [4.69, 9.17) is 14.2 Å². The molecule has 0 aromatic heterocycles. The van der Waals surface area contributed by atoms with Gasteiger partial charge < -0.3 is 14.2 Å². The third kappa shape index (κ3) is 41.8. The first-order chi connectivity index (χ1) is 27.0. The van der Waals surface area contributed by atoms with Crippen LogP contribution in [0.3, 0.4) is 0 Å². The number of allylic oxidation sites excluding steroid dienone is 11. The SMILES string of the molecule is CC/C=C\C/C=C\C/C=C\CC(=O)OCC(COC(=O)CCCCCCC/C=C\CCCCCCCCC)OC(=O)CCCCCCC/C=C\C/C=C\CC. The largest absolute Gasteiger partial charge is 0.462 e. The molecule has 0 heterocycles. The average Bonchev–Trinajstić information content (AvgIpc) is 3.18. The Balaban J connectivity index is 4.43. The molecule has 314 valence electrons. The summed E-state index contributed by atoms with van der Waals surface area (Å²) in [6, 6.07) is 0. The maximum absolute atomic E-state index is 12.7. The van der Waals surface area contributed by atoms with Gasteiger partial charge in [0.05, 0.1) is 6.42 Å². The van der Waals surface area contributed by atoms with Crippen LogP contribution in [0.1, 0.15) is 201 Å². The summed E-state index contributed by atoms with van der Waals surface area (Å²) in [6.07, 6.45) is 53.5. The molecule has 0 bridgehead atoms. The summed E-state index contributed by atoms with van der Waals surface area (Å²) >= 11 is 0. The van der Waals surface area contributed by atoms with E-state index in [2.05, 4.69) is 81.5 Å². The standard InChI is InChI=1S/C49H82O6/c1-4-7-10-13-16-19-21-23-24-25-26-28-30-33-36-39-42-48(51)54-45-46(44-53-47(50)41-38-35-32-29-18-15-12-9-6-3)55-49(52)43-40-37-34-31-27-22-20-17-14-11-8-5-2/h8-9,11-12,17-18,20,24-25,29,35,38,46H,4-7,10,13-16,19,21-23,26-28,30-34,36-37,39-45H2,1-3H3/b11-8-,12-9-,20-17-,25-24-,29-18-,38-35-. The molecule has 0 radical (unpaired) electrons. The maximum Gasteiger partial charge on any atom is 0.309 e. The van der Waals surface area contributed by atoms with E-state index in [1.54, 1.807) is 6.08 Å². The van der Waals surface area contributed by atoms with Crippen molar-refractivity contribution in [3.63, 3.8) is 0 Å². The van der Waals surface area contributed by atoms with Crippen LogP contribution in [-0.2, 0) is 28.6 Å². The molecule has 0 aromatic carbocycles. The zero-order valence-corrected chi connectivity index (χ0v) is 35.7. The van der Waals surface area contributed by atoms with Crippen molar-refractivity contribution in [1.82, 2.24) is 0 Å². The van der Waals surface area contributed by atoms with Crippen LogP contribution in [0.15, 0.2) is 72.9 Å². The molecule has 0 N–H and O–H groups in total. The van der Waals surface area contributed by atoms with E-state index in [9.17, 15) is 14.4 Å². The van der Waals surface area contributed by atoms with Gasteiger partial charge in [-0.2, -0.15) is 0 Å². The minimum atomic E-state index is -0.818. The Hall–Kier alpha value is -3.15. The van der Waals surface area contributed by atoms with Gasteiger partial charge in [-0.3, -0.25) is 14.4 Å². The van der Waals surface area contributed by atoms with Gasteiger partial charge in [-0.1, -0.05) is 171 Å². The summed E-state index contributed by atoms with van der Waals surface area (Å²) in [6.45, 7) is 6.27. The van der Waals surface area contributed by atoms with Crippen LogP contribution in [0.4, 0.5) is 0 Å². The predicted molar refractivity (Wildman–Crippen MR) is 233 cm³/mol. The summed E-state index contributed by atoms with van der Waals surface area (Å²) in [5.41, 5.74) is 0. The van der Waals surface area contributed by atoms with Crippen molar-refractivity contribution in [3.05, 3.63) is 72.9 Å². The molecule has 0 spiro atoms. The first-order valence-electron chi connectivity index (χ1n) is 22.4. The molecule has 0 fully saturated rings. The Morgan fingerprint density at radius 2 is 0.782 bits per heavy atom. The highest BCUT2D eigenvalue weighted by atomic mass is 16.6. The lowest BCUT2D eigenvalue weighted by molar-refractivity contribution is -0.166. The minimum absolute atomic E-state index is 0.113. The van der Waals surface area contributed by atoms with Gasteiger partial charge in [0.15, 0.2) is 6.10 Å². The monoisotopic (exact) mass is 767 g/mol. The van der Waals surface area contributed by atoms with E-state index in [0.717, 1.165) is 103 Å². The molecule has 1 unspecified atom stereocenters. The first kappa shape index (κ1) is 51.9. The molecule has 6 nitrogen and oxygen atoms in total. The summed E-state index contributed by atoms with van der Waals surface area (Å²) in [5, 5.41) is 0. The van der Waals surface area contributed by atoms with Gasteiger partial charge in [0.25, 0.3) is 0 Å². The van der Waals surface area contributed by atoms with Crippen molar-refractivity contribution in [2.24, 2.45) is 0 Å². The lowest BCUT2D eigenvalue weighted by Gasteiger charge is -2.18. The molecule has 0 aliphatic rings. The molecular weight excluding hydrogens is 685 g/mol. The molecule has 6 heteroatoms. The number of ether oxygens (including phenoxy) is 3. The van der Waals surface area contributed by atoms with Crippen LogP contribution < -0.4 is 0 Å². The first-order valence-corrected chi connectivity index (χ1v) is 22.4. The van der Waals surface area contributed by atoms with E-state index >= 15 is 0 Å². The van der Waals surface area contributed by atoms with Crippen molar-refractivity contribution in [1.29, 1.82) is 0 Å². The molecular formula is C49H82O6. The highest BCUT2D eigenvalue weighted by molar-refractivity contribution is 5.72. The summed E-state index contributed by atoms with van der Waals surface area (Å²) in [7, 11) is 0. The zero-order valence-electron chi connectivity index (χ0n) is 35.7. The van der Waals surface area contributed by atoms with Crippen LogP contribution >= 0.6 is 0 Å². The van der Waals surface area contributed by atoms with E-state index in [-0.39, 0.29) is 31.6 Å². The number of carbonyl (C=O) groups is 3. The van der Waals surface area contributed by atoms with E-state index < -0.39 is 12.1 Å². The van der Waals surface area contributed by atoms with Crippen molar-refractivity contribution in [3.8, 4) is 0 Å². The number of unbranched alkanes of at least 4 members (excludes halogenated alkanes) is 17. The van der Waals surface area contributed by atoms with Crippen molar-refractivity contribution in [2.45, 2.75) is 207 Å². The topological polar surface area (TPSA) is 78.9 Å². The van der Waals surface area contributed by atoms with Gasteiger partial charge in [-0.05, 0) is 83.5 Å². The smallest absolute Gasteiger partial charge is 0.309 e. The lowest BCUT2D eigenvalue weighted by Crippen LogP contribution is -2.30. The summed E-state index contributed by atoms with van der Waals surface area (Å²) in [4.78, 5) is 37.6. The zero-order chi connectivity index (χ0) is 40.1. The summed E-state index contributed by atoms with van der Waals surface area (Å²) < 4.78 is 16.5. The molecule has 0 aromatic rings. The van der Waals surface area contributed by atoms with Crippen LogP contribution in [0.25, 0.3) is 0 Å². The molecule has 0 aliphatic heterocycles. The number of carbonyl (C=O) groups excluding carboxylic acids is 3. The van der Waals surface area contributed by atoms with Crippen LogP contribution in [0, 0.1) is 0 Å². The minimum Gasteiger partial charge on any atom is -0.462 e. The number of rotatable bonds is 39. The Labute approximate surface area is 338 Å². The quantitative estimate of drug-likeness (QED) is 0.0268. The summed E-state index contributed by atoms with van der Waals surface area (Å²) in [5.74, 6) is -1.07. The molecule has 1 atom stereocenters. The Kier molecular flexibility index (Phi) is 41.1. The average molecular weight is 767 g/mol. The molecule has 0 amide bonds. The fourth-order valence-electron chi connectivity index (χ4n) is 5.89. The van der Waals surface area contributed by atoms with Gasteiger partial charge in [-0.15, -0.1) is 0 Å². The number of hydrogen-bond donors (Lipinski definition) is 0. The van der Waals surface area contributed by atoms with Crippen LogP contribution in [-0.4, -0.2) is 37.2 Å². The molecule has 0 aliphatic carbocycles. The molecule has 0 saturated carbocycles. The van der Waals surface area contributed by atoms with Gasteiger partial charge >= 0.3 is 17.9 Å².